The second-order valence-electron chi connectivity index (χ2n) is 7.76. The van der Waals surface area contributed by atoms with Gasteiger partial charge in [-0.05, 0) is 37.5 Å². The van der Waals surface area contributed by atoms with E-state index in [9.17, 15) is 13.2 Å². The summed E-state index contributed by atoms with van der Waals surface area (Å²) in [5.41, 5.74) is 0.719. The summed E-state index contributed by atoms with van der Waals surface area (Å²) in [5, 5.41) is 0. The van der Waals surface area contributed by atoms with Gasteiger partial charge in [-0.2, -0.15) is 8.42 Å². The molecular weight excluding hydrogens is 392 g/mol. The predicted octanol–water partition coefficient (Wildman–Crippen LogP) is 3.52. The van der Waals surface area contributed by atoms with Crippen molar-refractivity contribution in [3.8, 4) is 0 Å². The van der Waals surface area contributed by atoms with Crippen molar-refractivity contribution in [1.82, 2.24) is 0 Å². The lowest BCUT2D eigenvalue weighted by atomic mass is 9.93. The minimum absolute atomic E-state index is 0.114. The minimum atomic E-state index is -3.91. The molecular formula is C22H24O6S. The fraction of sp³-hybridized carbons (Fsp3) is 0.409. The lowest BCUT2D eigenvalue weighted by Gasteiger charge is -2.35. The summed E-state index contributed by atoms with van der Waals surface area (Å²) in [7, 11) is -3.91. The normalized spacial score (nSPS) is 26.2. The van der Waals surface area contributed by atoms with Crippen LogP contribution in [-0.2, 0) is 35.2 Å². The average Bonchev–Trinajstić information content (AvgIpc) is 3.02. The molecule has 0 radical (unpaired) electrons. The van der Waals surface area contributed by atoms with Crippen LogP contribution in [0.25, 0.3) is 0 Å². The van der Waals surface area contributed by atoms with Crippen molar-refractivity contribution in [2.75, 3.05) is 0 Å². The van der Waals surface area contributed by atoms with Crippen molar-refractivity contribution in [3.05, 3.63) is 65.7 Å². The first-order valence-electron chi connectivity index (χ1n) is 9.75. The molecule has 2 heterocycles. The summed E-state index contributed by atoms with van der Waals surface area (Å²) in [6.07, 6.45) is 0.986. The third kappa shape index (κ3) is 4.37. The maximum absolute atomic E-state index is 12.8. The summed E-state index contributed by atoms with van der Waals surface area (Å²) < 4.78 is 42.3. The number of esters is 1. The fourth-order valence-electron chi connectivity index (χ4n) is 3.99. The highest BCUT2D eigenvalue weighted by molar-refractivity contribution is 7.86. The van der Waals surface area contributed by atoms with Crippen LogP contribution in [0.4, 0.5) is 0 Å². The van der Waals surface area contributed by atoms with Crippen LogP contribution in [0.15, 0.2) is 59.5 Å². The number of carbonyl (C=O) groups excluding carboxylic acids is 1. The van der Waals surface area contributed by atoms with E-state index in [0.29, 0.717) is 19.3 Å². The highest BCUT2D eigenvalue weighted by Crippen LogP contribution is 2.44. The molecule has 2 bridgehead atoms. The average molecular weight is 416 g/mol. The molecule has 2 fully saturated rings. The Morgan fingerprint density at radius 3 is 2.59 bits per heavy atom. The molecule has 6 nitrogen and oxygen atoms in total. The Labute approximate surface area is 170 Å². The number of aryl methyl sites for hydroxylation is 1. The Morgan fingerprint density at radius 1 is 1.14 bits per heavy atom. The number of fused-ring (bicyclic) bond motifs is 2. The van der Waals surface area contributed by atoms with Crippen LogP contribution < -0.4 is 0 Å². The van der Waals surface area contributed by atoms with Gasteiger partial charge in [-0.25, -0.2) is 4.79 Å². The Hall–Kier alpha value is -2.22. The molecule has 2 aromatic carbocycles. The summed E-state index contributed by atoms with van der Waals surface area (Å²) in [4.78, 5) is 12.9. The van der Waals surface area contributed by atoms with Crippen molar-refractivity contribution < 1.29 is 26.9 Å². The quantitative estimate of drug-likeness (QED) is 0.530. The molecule has 0 aromatic heterocycles. The van der Waals surface area contributed by atoms with Gasteiger partial charge in [0.1, 0.15) is 6.61 Å². The molecule has 0 N–H and O–H groups in total. The molecule has 3 atom stereocenters. The molecule has 2 aliphatic rings. The van der Waals surface area contributed by atoms with Crippen molar-refractivity contribution in [2.24, 2.45) is 0 Å². The van der Waals surface area contributed by atoms with E-state index in [0.717, 1.165) is 11.1 Å². The summed E-state index contributed by atoms with van der Waals surface area (Å²) in [6.45, 7) is 2.04. The maximum Gasteiger partial charge on any atom is 0.338 e. The van der Waals surface area contributed by atoms with Gasteiger partial charge in [-0.15, -0.1) is 0 Å². The first kappa shape index (κ1) is 20.1. The number of benzene rings is 2. The lowest BCUT2D eigenvalue weighted by molar-refractivity contribution is -0.184. The second kappa shape index (κ2) is 7.89. The van der Waals surface area contributed by atoms with E-state index in [1.807, 2.05) is 37.3 Å². The van der Waals surface area contributed by atoms with E-state index in [-0.39, 0.29) is 24.0 Å². The van der Waals surface area contributed by atoms with Crippen LogP contribution in [-0.4, -0.2) is 32.2 Å². The molecule has 0 aliphatic carbocycles. The molecule has 2 aliphatic heterocycles. The zero-order valence-electron chi connectivity index (χ0n) is 16.2. The highest BCUT2D eigenvalue weighted by atomic mass is 32.2. The largest absolute Gasteiger partial charge is 0.459 e. The van der Waals surface area contributed by atoms with Gasteiger partial charge in [-0.3, -0.25) is 4.18 Å². The monoisotopic (exact) mass is 416 g/mol. The van der Waals surface area contributed by atoms with Crippen LogP contribution >= 0.6 is 0 Å². The van der Waals surface area contributed by atoms with Gasteiger partial charge in [0.15, 0.2) is 5.60 Å². The SMILES string of the molecule is Cc1ccc(S(=O)(=O)O[C@H]2C[C@H]3CC[C@@](C(=O)OCc4ccccc4)(C2)O3)cc1. The van der Waals surface area contributed by atoms with E-state index in [2.05, 4.69) is 0 Å². The van der Waals surface area contributed by atoms with Crippen molar-refractivity contribution in [3.63, 3.8) is 0 Å². The van der Waals surface area contributed by atoms with Crippen LogP contribution in [0.3, 0.4) is 0 Å². The zero-order chi connectivity index (χ0) is 20.5. The van der Waals surface area contributed by atoms with Gasteiger partial charge in [0, 0.05) is 12.8 Å². The predicted molar refractivity (Wildman–Crippen MR) is 106 cm³/mol. The minimum Gasteiger partial charge on any atom is -0.459 e. The maximum atomic E-state index is 12.8. The van der Waals surface area contributed by atoms with Gasteiger partial charge in [0.25, 0.3) is 10.1 Å². The first-order valence-corrected chi connectivity index (χ1v) is 11.2. The molecule has 154 valence electrons. The molecule has 29 heavy (non-hydrogen) atoms. The third-order valence-corrected chi connectivity index (χ3v) is 6.88. The molecule has 7 heteroatoms. The molecule has 2 saturated heterocycles. The second-order valence-corrected chi connectivity index (χ2v) is 9.33. The van der Waals surface area contributed by atoms with E-state index in [4.69, 9.17) is 13.7 Å². The fourth-order valence-corrected chi connectivity index (χ4v) is 5.08. The molecule has 2 aromatic rings. The lowest BCUT2D eigenvalue weighted by Crippen LogP contribution is -2.47. The molecule has 0 amide bonds. The number of rotatable bonds is 6. The molecule has 4 rings (SSSR count). The van der Waals surface area contributed by atoms with Crippen molar-refractivity contribution >= 4 is 16.1 Å². The van der Waals surface area contributed by atoms with Crippen LogP contribution in [0.2, 0.25) is 0 Å². The Kier molecular flexibility index (Phi) is 5.46. The summed E-state index contributed by atoms with van der Waals surface area (Å²) >= 11 is 0. The smallest absolute Gasteiger partial charge is 0.338 e. The van der Waals surface area contributed by atoms with Crippen molar-refractivity contribution in [1.29, 1.82) is 0 Å². The van der Waals surface area contributed by atoms with E-state index in [1.54, 1.807) is 12.1 Å². The highest BCUT2D eigenvalue weighted by Gasteiger charge is 2.54. The van der Waals surface area contributed by atoms with Crippen molar-refractivity contribution in [2.45, 2.75) is 61.9 Å². The Balaban J connectivity index is 1.44. The van der Waals surface area contributed by atoms with Crippen LogP contribution in [0.5, 0.6) is 0 Å². The Bertz CT molecular complexity index is 970. The van der Waals surface area contributed by atoms with Gasteiger partial charge in [0.2, 0.25) is 0 Å². The third-order valence-electron chi connectivity index (χ3n) is 5.50. The van der Waals surface area contributed by atoms with Crippen LogP contribution in [0.1, 0.15) is 36.8 Å². The van der Waals surface area contributed by atoms with Gasteiger partial charge in [-0.1, -0.05) is 48.0 Å². The number of carbonyl (C=O) groups is 1. The summed E-state index contributed by atoms with van der Waals surface area (Å²) in [5.74, 6) is -0.454. The van der Waals surface area contributed by atoms with E-state index < -0.39 is 27.8 Å². The standard InChI is InChI=1S/C22H24O6S/c1-16-7-9-20(10-8-16)29(24,25)28-19-13-18-11-12-22(14-19,27-18)21(23)26-15-17-5-3-2-4-6-17/h2-10,18-19H,11-15H2,1H3/t18-,19+,22+/m1/s1. The van der Waals surface area contributed by atoms with Gasteiger partial charge >= 0.3 is 5.97 Å². The molecule has 0 unspecified atom stereocenters. The van der Waals surface area contributed by atoms with Gasteiger partial charge in [0.05, 0.1) is 17.1 Å². The topological polar surface area (TPSA) is 78.9 Å². The molecule has 0 spiro atoms. The molecule has 0 saturated carbocycles. The Morgan fingerprint density at radius 2 is 1.86 bits per heavy atom. The number of hydrogen-bond acceptors (Lipinski definition) is 6. The van der Waals surface area contributed by atoms with E-state index in [1.165, 1.54) is 12.1 Å². The van der Waals surface area contributed by atoms with E-state index >= 15 is 0 Å². The zero-order valence-corrected chi connectivity index (χ0v) is 17.1. The van der Waals surface area contributed by atoms with Crippen LogP contribution in [0, 0.1) is 6.92 Å². The number of ether oxygens (including phenoxy) is 2. The summed E-state index contributed by atoms with van der Waals surface area (Å²) in [6, 6.07) is 15.9. The first-order chi connectivity index (χ1) is 13.9. The number of hydrogen-bond donors (Lipinski definition) is 0. The van der Waals surface area contributed by atoms with Gasteiger partial charge < -0.3 is 9.47 Å².